The van der Waals surface area contributed by atoms with Crippen LogP contribution in [0.3, 0.4) is 0 Å². The first kappa shape index (κ1) is 16.5. The van der Waals surface area contributed by atoms with Gasteiger partial charge in [-0.3, -0.25) is 0 Å². The summed E-state index contributed by atoms with van der Waals surface area (Å²) >= 11 is 6.03. The summed E-state index contributed by atoms with van der Waals surface area (Å²) in [4.78, 5) is 0.202. The summed E-state index contributed by atoms with van der Waals surface area (Å²) < 4.78 is 31.9. The maximum atomic E-state index is 12.7. The summed E-state index contributed by atoms with van der Waals surface area (Å²) in [7, 11) is -0.394. The minimum Gasteiger partial charge on any atom is -0.495 e. The van der Waals surface area contributed by atoms with Crippen molar-refractivity contribution in [3.8, 4) is 5.75 Å². The van der Waals surface area contributed by atoms with Gasteiger partial charge in [0.15, 0.2) is 0 Å². The molecule has 118 valence electrons. The summed E-state index contributed by atoms with van der Waals surface area (Å²) in [6.07, 6.45) is 2.67. The van der Waals surface area contributed by atoms with E-state index in [4.69, 9.17) is 16.3 Å². The summed E-state index contributed by atoms with van der Waals surface area (Å²) in [5.41, 5.74) is 0. The maximum absolute atomic E-state index is 12.7. The fraction of sp³-hybridized carbons (Fsp3) is 0.571. The number of methoxy groups -OCH3 is 1. The smallest absolute Gasteiger partial charge is 0.243 e. The van der Waals surface area contributed by atoms with Gasteiger partial charge in [0.1, 0.15) is 5.75 Å². The minimum atomic E-state index is -3.54. The van der Waals surface area contributed by atoms with Gasteiger partial charge >= 0.3 is 0 Å². The van der Waals surface area contributed by atoms with E-state index in [1.165, 1.54) is 23.5 Å². The molecule has 1 heterocycles. The number of halogens is 1. The lowest BCUT2D eigenvalue weighted by atomic mass is 10.1. The van der Waals surface area contributed by atoms with Crippen LogP contribution >= 0.6 is 11.6 Å². The third-order valence-electron chi connectivity index (χ3n) is 3.86. The normalized spacial score (nSPS) is 20.3. The van der Waals surface area contributed by atoms with Crippen LogP contribution in [-0.2, 0) is 10.0 Å². The molecule has 1 aliphatic rings. The van der Waals surface area contributed by atoms with Crippen molar-refractivity contribution in [3.63, 3.8) is 0 Å². The number of nitrogens with one attached hydrogen (secondary N) is 1. The van der Waals surface area contributed by atoms with Crippen LogP contribution < -0.4 is 10.1 Å². The molecule has 1 N–H and O–H groups in total. The van der Waals surface area contributed by atoms with Gasteiger partial charge in [-0.15, -0.1) is 0 Å². The Labute approximate surface area is 131 Å². The quantitative estimate of drug-likeness (QED) is 0.917. The van der Waals surface area contributed by atoms with Gasteiger partial charge in [-0.05, 0) is 50.6 Å². The van der Waals surface area contributed by atoms with E-state index in [1.807, 2.05) is 0 Å². The highest BCUT2D eigenvalue weighted by Crippen LogP contribution is 2.29. The van der Waals surface area contributed by atoms with Gasteiger partial charge in [-0.2, -0.15) is 4.31 Å². The molecule has 0 aliphatic carbocycles. The first-order chi connectivity index (χ1) is 9.96. The molecule has 2 rings (SSSR count). The van der Waals surface area contributed by atoms with Crippen LogP contribution in [0.25, 0.3) is 0 Å². The standard InChI is InChI=1S/C14H21ClN2O3S/c1-17(11-4-3-8-16-9-7-11)21(18,19)12-5-6-14(20-2)13(15)10-12/h5-6,10-11,16H,3-4,7-9H2,1-2H3. The molecule has 7 heteroatoms. The van der Waals surface area contributed by atoms with Gasteiger partial charge < -0.3 is 10.1 Å². The lowest BCUT2D eigenvalue weighted by molar-refractivity contribution is 0.341. The number of hydrogen-bond donors (Lipinski definition) is 1. The number of rotatable bonds is 4. The predicted octanol–water partition coefficient (Wildman–Crippen LogP) is 2.11. The van der Waals surface area contributed by atoms with E-state index >= 15 is 0 Å². The van der Waals surface area contributed by atoms with E-state index < -0.39 is 10.0 Å². The van der Waals surface area contributed by atoms with Crippen LogP contribution in [0.1, 0.15) is 19.3 Å². The third kappa shape index (κ3) is 3.69. The second-order valence-corrected chi connectivity index (χ2v) is 7.56. The van der Waals surface area contributed by atoms with E-state index in [1.54, 1.807) is 13.1 Å². The highest BCUT2D eigenvalue weighted by Gasteiger charge is 2.28. The molecule has 0 bridgehead atoms. The Morgan fingerprint density at radius 3 is 2.76 bits per heavy atom. The Morgan fingerprint density at radius 2 is 2.10 bits per heavy atom. The summed E-state index contributed by atoms with van der Waals surface area (Å²) in [5.74, 6) is 0.469. The molecular weight excluding hydrogens is 312 g/mol. The van der Waals surface area contributed by atoms with Crippen molar-refractivity contribution >= 4 is 21.6 Å². The molecule has 0 radical (unpaired) electrons. The lowest BCUT2D eigenvalue weighted by Gasteiger charge is -2.26. The van der Waals surface area contributed by atoms with Crippen molar-refractivity contribution in [1.82, 2.24) is 9.62 Å². The van der Waals surface area contributed by atoms with Crippen LogP contribution in [0.15, 0.2) is 23.1 Å². The second kappa shape index (κ2) is 6.96. The zero-order valence-corrected chi connectivity index (χ0v) is 13.9. The van der Waals surface area contributed by atoms with Crippen LogP contribution in [0.2, 0.25) is 5.02 Å². The number of nitrogens with zero attached hydrogens (tertiary/aromatic N) is 1. The molecule has 0 saturated carbocycles. The van der Waals surface area contributed by atoms with E-state index in [0.29, 0.717) is 10.8 Å². The van der Waals surface area contributed by atoms with Gasteiger partial charge in [0, 0.05) is 13.1 Å². The number of hydrogen-bond acceptors (Lipinski definition) is 4. The van der Waals surface area contributed by atoms with Crippen molar-refractivity contribution in [2.24, 2.45) is 0 Å². The molecule has 1 saturated heterocycles. The molecule has 1 aromatic carbocycles. The molecule has 1 fully saturated rings. The molecule has 5 nitrogen and oxygen atoms in total. The predicted molar refractivity (Wildman–Crippen MR) is 83.5 cm³/mol. The summed E-state index contributed by atoms with van der Waals surface area (Å²) in [6, 6.07) is 4.58. The fourth-order valence-electron chi connectivity index (χ4n) is 2.53. The van der Waals surface area contributed by atoms with Crippen molar-refractivity contribution in [3.05, 3.63) is 23.2 Å². The molecule has 1 aromatic rings. The first-order valence-electron chi connectivity index (χ1n) is 6.99. The highest BCUT2D eigenvalue weighted by atomic mass is 35.5. The largest absolute Gasteiger partial charge is 0.495 e. The Hall–Kier alpha value is -0.820. The molecule has 21 heavy (non-hydrogen) atoms. The molecule has 1 unspecified atom stereocenters. The number of ether oxygens (including phenoxy) is 1. The van der Waals surface area contributed by atoms with E-state index in [-0.39, 0.29) is 10.9 Å². The van der Waals surface area contributed by atoms with Gasteiger partial charge in [-0.25, -0.2) is 8.42 Å². The Balaban J connectivity index is 2.25. The molecule has 1 aliphatic heterocycles. The van der Waals surface area contributed by atoms with E-state index in [2.05, 4.69) is 5.32 Å². The Kier molecular flexibility index (Phi) is 5.48. The Morgan fingerprint density at radius 1 is 1.33 bits per heavy atom. The minimum absolute atomic E-state index is 0.0193. The zero-order valence-electron chi connectivity index (χ0n) is 12.3. The van der Waals surface area contributed by atoms with Gasteiger partial charge in [-0.1, -0.05) is 11.6 Å². The van der Waals surface area contributed by atoms with Crippen molar-refractivity contribution in [1.29, 1.82) is 0 Å². The average Bonchev–Trinajstić information content (AvgIpc) is 2.75. The molecule has 0 amide bonds. The van der Waals surface area contributed by atoms with Crippen LogP contribution in [0.5, 0.6) is 5.75 Å². The second-order valence-electron chi connectivity index (χ2n) is 5.15. The highest BCUT2D eigenvalue weighted by molar-refractivity contribution is 7.89. The average molecular weight is 333 g/mol. The summed E-state index contributed by atoms with van der Waals surface area (Å²) in [5, 5.41) is 3.59. The SMILES string of the molecule is COc1ccc(S(=O)(=O)N(C)C2CCCNCC2)cc1Cl. The number of benzene rings is 1. The van der Waals surface area contributed by atoms with Gasteiger partial charge in [0.05, 0.1) is 17.0 Å². The molecular formula is C14H21ClN2O3S. The lowest BCUT2D eigenvalue weighted by Crippen LogP contribution is -2.37. The fourth-order valence-corrected chi connectivity index (χ4v) is 4.30. The van der Waals surface area contributed by atoms with Gasteiger partial charge in [0.2, 0.25) is 10.0 Å². The molecule has 0 spiro atoms. The van der Waals surface area contributed by atoms with E-state index in [0.717, 1.165) is 32.4 Å². The van der Waals surface area contributed by atoms with Crippen LogP contribution in [0.4, 0.5) is 0 Å². The van der Waals surface area contributed by atoms with Crippen molar-refractivity contribution in [2.45, 2.75) is 30.2 Å². The Bertz CT molecular complexity index is 584. The third-order valence-corrected chi connectivity index (χ3v) is 6.06. The molecule has 0 aromatic heterocycles. The van der Waals surface area contributed by atoms with Crippen molar-refractivity contribution in [2.75, 3.05) is 27.2 Å². The van der Waals surface area contributed by atoms with Gasteiger partial charge in [0.25, 0.3) is 0 Å². The number of sulfonamides is 1. The van der Waals surface area contributed by atoms with E-state index in [9.17, 15) is 8.42 Å². The van der Waals surface area contributed by atoms with Crippen LogP contribution in [-0.4, -0.2) is 46.0 Å². The first-order valence-corrected chi connectivity index (χ1v) is 8.81. The topological polar surface area (TPSA) is 58.6 Å². The maximum Gasteiger partial charge on any atom is 0.243 e. The van der Waals surface area contributed by atoms with Crippen molar-refractivity contribution < 1.29 is 13.2 Å². The summed E-state index contributed by atoms with van der Waals surface area (Å²) in [6.45, 7) is 1.78. The zero-order chi connectivity index (χ0) is 15.5. The van der Waals surface area contributed by atoms with Crippen LogP contribution in [0, 0.1) is 0 Å². The monoisotopic (exact) mass is 332 g/mol. The molecule has 1 atom stereocenters.